The zero-order chi connectivity index (χ0) is 15.2. The molecule has 0 aliphatic heterocycles. The van der Waals surface area contributed by atoms with Gasteiger partial charge in [-0.25, -0.2) is 0 Å². The Kier molecular flexibility index (Phi) is 5.30. The second kappa shape index (κ2) is 7.19. The standard InChI is InChI=1S/C14H13ClN2O3S/c1-20-13(18)8-10(11-5-6-12(15)21-11)17-14(19)9-4-2-3-7-16-9/h2-7,10H,8H2,1H3,(H,17,19)/t10-/m1/s1. The quantitative estimate of drug-likeness (QED) is 0.859. The van der Waals surface area contributed by atoms with Crippen LogP contribution in [0.3, 0.4) is 0 Å². The fraction of sp³-hybridized carbons (Fsp3) is 0.214. The van der Waals surface area contributed by atoms with E-state index in [2.05, 4.69) is 15.0 Å². The van der Waals surface area contributed by atoms with Crippen molar-refractivity contribution in [2.75, 3.05) is 7.11 Å². The van der Waals surface area contributed by atoms with Crippen LogP contribution in [0.25, 0.3) is 0 Å². The van der Waals surface area contributed by atoms with Crippen LogP contribution in [0.1, 0.15) is 27.8 Å². The van der Waals surface area contributed by atoms with Crippen LogP contribution in [0.15, 0.2) is 36.5 Å². The molecule has 2 aromatic rings. The molecule has 0 saturated carbocycles. The molecule has 0 aliphatic carbocycles. The lowest BCUT2D eigenvalue weighted by Gasteiger charge is -2.16. The molecule has 0 spiro atoms. The highest BCUT2D eigenvalue weighted by atomic mass is 35.5. The second-order valence-electron chi connectivity index (χ2n) is 4.16. The van der Waals surface area contributed by atoms with E-state index in [-0.39, 0.29) is 18.0 Å². The first-order valence-electron chi connectivity index (χ1n) is 6.14. The zero-order valence-electron chi connectivity index (χ0n) is 11.2. The minimum atomic E-state index is -0.496. The lowest BCUT2D eigenvalue weighted by atomic mass is 10.1. The van der Waals surface area contributed by atoms with Gasteiger partial charge >= 0.3 is 5.97 Å². The van der Waals surface area contributed by atoms with Crippen LogP contribution in [-0.2, 0) is 9.53 Å². The summed E-state index contributed by atoms with van der Waals surface area (Å²) in [5.41, 5.74) is 0.287. The normalized spacial score (nSPS) is 11.7. The summed E-state index contributed by atoms with van der Waals surface area (Å²) >= 11 is 7.21. The maximum absolute atomic E-state index is 12.2. The number of rotatable bonds is 5. The SMILES string of the molecule is COC(=O)C[C@@H](NC(=O)c1ccccn1)c1ccc(Cl)s1. The second-order valence-corrected chi connectivity index (χ2v) is 5.91. The van der Waals surface area contributed by atoms with Gasteiger partial charge in [0.15, 0.2) is 0 Å². The summed E-state index contributed by atoms with van der Waals surface area (Å²) in [6.07, 6.45) is 1.57. The number of carbonyl (C=O) groups is 2. The van der Waals surface area contributed by atoms with Crippen molar-refractivity contribution in [3.05, 3.63) is 51.4 Å². The van der Waals surface area contributed by atoms with Gasteiger partial charge in [0.25, 0.3) is 5.91 Å². The molecular weight excluding hydrogens is 312 g/mol. The van der Waals surface area contributed by atoms with Gasteiger partial charge in [-0.15, -0.1) is 11.3 Å². The van der Waals surface area contributed by atoms with E-state index in [4.69, 9.17) is 11.6 Å². The fourth-order valence-electron chi connectivity index (χ4n) is 1.72. The highest BCUT2D eigenvalue weighted by Crippen LogP contribution is 2.29. The van der Waals surface area contributed by atoms with E-state index < -0.39 is 12.0 Å². The Morgan fingerprint density at radius 2 is 2.19 bits per heavy atom. The first-order valence-corrected chi connectivity index (χ1v) is 7.33. The molecule has 7 heteroatoms. The predicted molar refractivity (Wildman–Crippen MR) is 80.4 cm³/mol. The first kappa shape index (κ1) is 15.5. The van der Waals surface area contributed by atoms with Gasteiger partial charge in [-0.2, -0.15) is 0 Å². The number of amides is 1. The third kappa shape index (κ3) is 4.27. The molecule has 0 aliphatic rings. The van der Waals surface area contributed by atoms with Crippen molar-refractivity contribution in [2.24, 2.45) is 0 Å². The number of hydrogen-bond donors (Lipinski definition) is 1. The maximum atomic E-state index is 12.2. The number of ether oxygens (including phenoxy) is 1. The van der Waals surface area contributed by atoms with Crippen molar-refractivity contribution < 1.29 is 14.3 Å². The van der Waals surface area contributed by atoms with Crippen molar-refractivity contribution in [2.45, 2.75) is 12.5 Å². The number of methoxy groups -OCH3 is 1. The van der Waals surface area contributed by atoms with E-state index in [0.29, 0.717) is 4.34 Å². The van der Waals surface area contributed by atoms with E-state index in [9.17, 15) is 9.59 Å². The molecule has 110 valence electrons. The summed E-state index contributed by atoms with van der Waals surface area (Å²) in [4.78, 5) is 28.4. The van der Waals surface area contributed by atoms with Crippen LogP contribution in [0.4, 0.5) is 0 Å². The average molecular weight is 325 g/mol. The Hall–Kier alpha value is -1.92. The topological polar surface area (TPSA) is 68.3 Å². The van der Waals surface area contributed by atoms with E-state index in [0.717, 1.165) is 4.88 Å². The molecule has 0 radical (unpaired) electrons. The molecule has 2 rings (SSSR count). The van der Waals surface area contributed by atoms with Gasteiger partial charge in [-0.05, 0) is 24.3 Å². The predicted octanol–water partition coefficient (Wildman–Crippen LogP) is 2.83. The molecule has 1 N–H and O–H groups in total. The summed E-state index contributed by atoms with van der Waals surface area (Å²) < 4.78 is 5.25. The Labute approximate surface area is 130 Å². The molecule has 0 bridgehead atoms. The van der Waals surface area contributed by atoms with Crippen LogP contribution in [-0.4, -0.2) is 24.0 Å². The van der Waals surface area contributed by atoms with E-state index >= 15 is 0 Å². The third-order valence-corrected chi connectivity index (χ3v) is 4.08. The fourth-order valence-corrected chi connectivity index (χ4v) is 2.83. The Morgan fingerprint density at radius 1 is 1.38 bits per heavy atom. The van der Waals surface area contributed by atoms with Gasteiger partial charge in [-0.1, -0.05) is 17.7 Å². The average Bonchev–Trinajstić information content (AvgIpc) is 2.93. The lowest BCUT2D eigenvalue weighted by Crippen LogP contribution is -2.30. The molecule has 2 aromatic heterocycles. The van der Waals surface area contributed by atoms with Gasteiger partial charge < -0.3 is 10.1 Å². The van der Waals surface area contributed by atoms with E-state index in [1.807, 2.05) is 0 Å². The number of aromatic nitrogens is 1. The summed E-state index contributed by atoms with van der Waals surface area (Å²) in [5.74, 6) is -0.764. The first-order chi connectivity index (χ1) is 10.1. The highest BCUT2D eigenvalue weighted by molar-refractivity contribution is 7.16. The Morgan fingerprint density at radius 3 is 2.76 bits per heavy atom. The van der Waals surface area contributed by atoms with Crippen LogP contribution in [0.5, 0.6) is 0 Å². The van der Waals surface area contributed by atoms with Crippen molar-refractivity contribution in [1.29, 1.82) is 0 Å². The zero-order valence-corrected chi connectivity index (χ0v) is 12.8. The maximum Gasteiger partial charge on any atom is 0.307 e. The summed E-state index contributed by atoms with van der Waals surface area (Å²) in [6, 6.07) is 8.05. The van der Waals surface area contributed by atoms with E-state index in [1.54, 1.807) is 30.3 Å². The third-order valence-electron chi connectivity index (χ3n) is 2.74. The molecule has 0 saturated heterocycles. The minimum Gasteiger partial charge on any atom is -0.469 e. The lowest BCUT2D eigenvalue weighted by molar-refractivity contribution is -0.141. The number of thiophene rings is 1. The monoisotopic (exact) mass is 324 g/mol. The number of carbonyl (C=O) groups excluding carboxylic acids is 2. The Balaban J connectivity index is 2.16. The number of nitrogens with one attached hydrogen (secondary N) is 1. The van der Waals surface area contributed by atoms with Gasteiger partial charge in [-0.3, -0.25) is 14.6 Å². The minimum absolute atomic E-state index is 0.0336. The molecule has 0 aromatic carbocycles. The molecule has 0 fully saturated rings. The molecule has 5 nitrogen and oxygen atoms in total. The van der Waals surface area contributed by atoms with Crippen molar-refractivity contribution in [3.8, 4) is 0 Å². The van der Waals surface area contributed by atoms with Crippen molar-refractivity contribution in [3.63, 3.8) is 0 Å². The largest absolute Gasteiger partial charge is 0.469 e. The number of pyridine rings is 1. The molecule has 21 heavy (non-hydrogen) atoms. The van der Waals surface area contributed by atoms with Gasteiger partial charge in [0, 0.05) is 11.1 Å². The molecule has 1 atom stereocenters. The van der Waals surface area contributed by atoms with Crippen molar-refractivity contribution in [1.82, 2.24) is 10.3 Å². The van der Waals surface area contributed by atoms with Crippen LogP contribution in [0, 0.1) is 0 Å². The van der Waals surface area contributed by atoms with Crippen LogP contribution >= 0.6 is 22.9 Å². The van der Waals surface area contributed by atoms with E-state index in [1.165, 1.54) is 24.6 Å². The van der Waals surface area contributed by atoms with Gasteiger partial charge in [0.1, 0.15) is 5.69 Å². The number of halogens is 1. The number of esters is 1. The van der Waals surface area contributed by atoms with Gasteiger partial charge in [0.05, 0.1) is 23.9 Å². The Bertz CT molecular complexity index is 630. The smallest absolute Gasteiger partial charge is 0.307 e. The number of hydrogen-bond acceptors (Lipinski definition) is 5. The molecule has 2 heterocycles. The summed E-state index contributed by atoms with van der Waals surface area (Å²) in [5, 5.41) is 2.78. The number of nitrogens with zero attached hydrogens (tertiary/aromatic N) is 1. The molecule has 0 unspecified atom stereocenters. The highest BCUT2D eigenvalue weighted by Gasteiger charge is 2.21. The molecular formula is C14H13ClN2O3S. The summed E-state index contributed by atoms with van der Waals surface area (Å²) in [6.45, 7) is 0. The summed E-state index contributed by atoms with van der Waals surface area (Å²) in [7, 11) is 1.31. The van der Waals surface area contributed by atoms with Crippen LogP contribution in [0.2, 0.25) is 4.34 Å². The van der Waals surface area contributed by atoms with Crippen molar-refractivity contribution >= 4 is 34.8 Å². The van der Waals surface area contributed by atoms with Crippen LogP contribution < -0.4 is 5.32 Å². The molecule has 1 amide bonds. The van der Waals surface area contributed by atoms with Gasteiger partial charge in [0.2, 0.25) is 0 Å².